The average Bonchev–Trinajstić information content (AvgIpc) is 2.69. The molecule has 1 heterocycles. The van der Waals surface area contributed by atoms with Crippen molar-refractivity contribution in [1.82, 2.24) is 0 Å². The van der Waals surface area contributed by atoms with Crippen LogP contribution in [0.2, 0.25) is 0 Å². The smallest absolute Gasteiger partial charge is 0.341 e. The second-order valence-corrected chi connectivity index (χ2v) is 4.23. The number of aromatic carboxylic acids is 1. The van der Waals surface area contributed by atoms with Crippen LogP contribution in [0.4, 0.5) is 5.69 Å². The number of ether oxygens (including phenoxy) is 2. The summed E-state index contributed by atoms with van der Waals surface area (Å²) in [6.45, 7) is 0.563. The van der Waals surface area contributed by atoms with Crippen LogP contribution in [0.15, 0.2) is 6.07 Å². The Balaban J connectivity index is 2.60. The topological polar surface area (TPSA) is 81.8 Å². The molecule has 0 saturated carbocycles. The standard InChI is InChI=1S/C9H7B5NO4/c1-3-2-4-7(5(6(3)15)8(16)17)19-9(13-10,18-4)14(11)12/h2H,15H2,1H3,(H,16,17). The molecule has 19 heavy (non-hydrogen) atoms. The van der Waals surface area contributed by atoms with Gasteiger partial charge in [0.15, 0.2) is 18.7 Å². The van der Waals surface area contributed by atoms with Crippen molar-refractivity contribution in [2.24, 2.45) is 0 Å². The Morgan fingerprint density at radius 1 is 1.53 bits per heavy atom. The lowest BCUT2D eigenvalue weighted by molar-refractivity contribution is 0.0667. The third-order valence-corrected chi connectivity index (χ3v) is 2.93. The number of carboxylic acid groups (broad SMARTS) is 1. The van der Waals surface area contributed by atoms with Gasteiger partial charge in [0.2, 0.25) is 0 Å². The summed E-state index contributed by atoms with van der Waals surface area (Å²) in [6.07, 6.45) is 0. The van der Waals surface area contributed by atoms with E-state index < -0.39 is 18.0 Å². The van der Waals surface area contributed by atoms with Crippen LogP contribution < -0.4 is 15.2 Å². The van der Waals surface area contributed by atoms with Crippen molar-refractivity contribution >= 4 is 48.5 Å². The predicted molar refractivity (Wildman–Crippen MR) is 75.3 cm³/mol. The Labute approximate surface area is 115 Å². The number of nitrogens with two attached hydrogens (primary N) is 1. The van der Waals surface area contributed by atoms with Gasteiger partial charge < -0.3 is 20.3 Å². The Morgan fingerprint density at radius 3 is 2.63 bits per heavy atom. The first-order valence-electron chi connectivity index (χ1n) is 5.44. The summed E-state index contributed by atoms with van der Waals surface area (Å²) in [5.41, 5.74) is 4.57. The minimum atomic E-state index is -1.60. The summed E-state index contributed by atoms with van der Waals surface area (Å²) in [5, 5.41) is 9.22. The number of rotatable bonds is 3. The van der Waals surface area contributed by atoms with Crippen LogP contribution in [0, 0.1) is 6.92 Å². The van der Waals surface area contributed by atoms with Crippen molar-refractivity contribution in [3.05, 3.63) is 17.2 Å². The number of fused-ring (bicyclic) bond motifs is 1. The van der Waals surface area contributed by atoms with Crippen LogP contribution in [0.3, 0.4) is 0 Å². The Morgan fingerprint density at radius 2 is 2.16 bits per heavy atom. The van der Waals surface area contributed by atoms with Gasteiger partial charge in [-0.15, -0.1) is 0 Å². The van der Waals surface area contributed by atoms with Crippen molar-refractivity contribution in [1.29, 1.82) is 0 Å². The quantitative estimate of drug-likeness (QED) is 0.521. The van der Waals surface area contributed by atoms with E-state index in [0.717, 1.165) is 7.17 Å². The van der Waals surface area contributed by atoms with Gasteiger partial charge >= 0.3 is 5.97 Å². The number of anilines is 1. The molecule has 1 aromatic carbocycles. The normalized spacial score (nSPS) is 20.1. The molecule has 0 amide bonds. The largest absolute Gasteiger partial charge is 0.477 e. The highest BCUT2D eigenvalue weighted by Gasteiger charge is 2.44. The fourth-order valence-electron chi connectivity index (χ4n) is 1.84. The molecule has 7 radical (unpaired) electrons. The predicted octanol–water partition coefficient (Wildman–Crippen LogP) is -1.15. The third-order valence-electron chi connectivity index (χ3n) is 2.93. The van der Waals surface area contributed by atoms with E-state index in [4.69, 9.17) is 38.4 Å². The summed E-state index contributed by atoms with van der Waals surface area (Å²) in [5.74, 6) is -1.08. The van der Waals surface area contributed by atoms with Gasteiger partial charge in [-0.25, -0.2) is 4.79 Å². The number of carbonyl (C=O) groups is 1. The van der Waals surface area contributed by atoms with Gasteiger partial charge in [0, 0.05) is 23.2 Å². The molecule has 1 atom stereocenters. The van der Waals surface area contributed by atoms with Crippen molar-refractivity contribution in [3.8, 4) is 11.5 Å². The van der Waals surface area contributed by atoms with Crippen LogP contribution in [0.25, 0.3) is 0 Å². The van der Waals surface area contributed by atoms with Gasteiger partial charge in [0.1, 0.15) is 17.6 Å². The molecule has 0 aliphatic carbocycles. The second-order valence-electron chi connectivity index (χ2n) is 4.23. The van der Waals surface area contributed by atoms with E-state index in [2.05, 4.69) is 0 Å². The Kier molecular flexibility index (Phi) is 3.28. The first-order chi connectivity index (χ1) is 8.82. The van der Waals surface area contributed by atoms with Crippen LogP contribution in [-0.2, 0) is 0 Å². The molecule has 0 spiro atoms. The van der Waals surface area contributed by atoms with Gasteiger partial charge in [-0.1, -0.05) is 0 Å². The molecule has 5 nitrogen and oxygen atoms in total. The summed E-state index contributed by atoms with van der Waals surface area (Å²) < 4.78 is 10.9. The number of hydrogen-bond donors (Lipinski definition) is 2. The van der Waals surface area contributed by atoms with Gasteiger partial charge in [-0.3, -0.25) is 0 Å². The van der Waals surface area contributed by atoms with E-state index in [1.807, 2.05) is 0 Å². The van der Waals surface area contributed by atoms with Crippen molar-refractivity contribution in [3.63, 3.8) is 0 Å². The number of nitrogen functional groups attached to an aromatic ring is 1. The summed E-state index contributed by atoms with van der Waals surface area (Å²) >= 11 is 0. The fourth-order valence-corrected chi connectivity index (χ4v) is 1.84. The molecular weight excluding hydrogens is 240 g/mol. The number of aryl methyl sites for hydroxylation is 1. The molecule has 1 aliphatic heterocycles. The van der Waals surface area contributed by atoms with E-state index in [9.17, 15) is 9.90 Å². The lowest BCUT2D eigenvalue weighted by Gasteiger charge is -2.31. The molecule has 0 aromatic heterocycles. The summed E-state index contributed by atoms with van der Waals surface area (Å²) in [6, 6.07) is 1.55. The molecule has 1 aromatic rings. The highest BCUT2D eigenvalue weighted by Crippen LogP contribution is 2.45. The monoisotopic (exact) mass is 248 g/mol. The summed E-state index contributed by atoms with van der Waals surface area (Å²) in [7, 11) is 17.6. The maximum Gasteiger partial charge on any atom is 0.341 e. The van der Waals surface area contributed by atoms with Gasteiger partial charge in [0.25, 0.3) is 0 Å². The average molecular weight is 247 g/mol. The molecule has 1 unspecified atom stereocenters. The Hall–Kier alpha value is -1.59. The minimum Gasteiger partial charge on any atom is -0.477 e. The van der Waals surface area contributed by atoms with E-state index in [-0.39, 0.29) is 22.7 Å². The molecule has 0 fully saturated rings. The molecule has 1 aliphatic rings. The molecule has 2 rings (SSSR count). The number of carboxylic acids is 1. The fraction of sp³-hybridized carbons (Fsp3) is 0.222. The second kappa shape index (κ2) is 4.51. The van der Waals surface area contributed by atoms with E-state index >= 15 is 0 Å². The van der Waals surface area contributed by atoms with Crippen molar-refractivity contribution in [2.75, 3.05) is 5.73 Å². The van der Waals surface area contributed by atoms with Crippen LogP contribution in [0.1, 0.15) is 15.9 Å². The zero-order valence-electron chi connectivity index (χ0n) is 10.2. The molecule has 0 bridgehead atoms. The SMILES string of the molecule is [B][B]C1(B([B])[B])Oc2cc(C)c(N)c(C(=O)O)c2O1. The lowest BCUT2D eigenvalue weighted by atomic mass is 9.09. The highest BCUT2D eigenvalue weighted by atomic mass is 16.7. The van der Waals surface area contributed by atoms with Crippen LogP contribution in [-0.4, -0.2) is 53.5 Å². The van der Waals surface area contributed by atoms with Crippen molar-refractivity contribution in [2.45, 2.75) is 12.5 Å². The molecule has 10 heteroatoms. The van der Waals surface area contributed by atoms with Crippen LogP contribution in [0.5, 0.6) is 11.5 Å². The summed E-state index contributed by atoms with van der Waals surface area (Å²) in [4.78, 5) is 11.3. The van der Waals surface area contributed by atoms with Crippen molar-refractivity contribution < 1.29 is 19.4 Å². The number of benzene rings is 1. The zero-order valence-corrected chi connectivity index (χ0v) is 10.2. The van der Waals surface area contributed by atoms with E-state index in [1.165, 1.54) is 0 Å². The first-order valence-corrected chi connectivity index (χ1v) is 5.44. The first kappa shape index (κ1) is 13.8. The van der Waals surface area contributed by atoms with E-state index in [1.54, 1.807) is 13.0 Å². The van der Waals surface area contributed by atoms with E-state index in [0.29, 0.717) is 5.56 Å². The Bertz CT molecular complexity index is 552. The molecule has 0 saturated heterocycles. The maximum atomic E-state index is 11.3. The molecule has 87 valence electrons. The third kappa shape index (κ3) is 1.99. The highest BCUT2D eigenvalue weighted by molar-refractivity contribution is 7.34. The lowest BCUT2D eigenvalue weighted by Crippen LogP contribution is -2.59. The minimum absolute atomic E-state index is 0.0294. The van der Waals surface area contributed by atoms with Gasteiger partial charge in [0.05, 0.1) is 5.69 Å². The maximum absolute atomic E-state index is 11.3. The number of hydrogen-bond acceptors (Lipinski definition) is 4. The molecular formula is C9H7B5NO4. The van der Waals surface area contributed by atoms with Crippen LogP contribution >= 0.6 is 0 Å². The van der Waals surface area contributed by atoms with Gasteiger partial charge in [-0.05, 0) is 18.6 Å². The van der Waals surface area contributed by atoms with Gasteiger partial charge in [-0.2, -0.15) is 0 Å². The molecule has 3 N–H and O–H groups in total. The zero-order chi connectivity index (χ0) is 14.4.